The molecule has 0 atom stereocenters. The first-order chi connectivity index (χ1) is 3.35. The number of hydrogen-bond acceptors (Lipinski definition) is 1. The third kappa shape index (κ3) is 22.5. The van der Waals surface area contributed by atoms with Crippen LogP contribution in [0.25, 0.3) is 0 Å². The van der Waals surface area contributed by atoms with Crippen molar-refractivity contribution in [3.05, 3.63) is 0 Å². The summed E-state index contributed by atoms with van der Waals surface area (Å²) in [4.78, 5) is 2.38. The molecule has 0 aliphatic heterocycles. The maximum Gasteiger partial charge on any atom is -0.00474 e. The fourth-order valence-corrected chi connectivity index (χ4v) is 0.671. The van der Waals surface area contributed by atoms with Crippen molar-refractivity contribution in [3.63, 3.8) is 0 Å². The molecule has 12 heavy (non-hydrogen) atoms. The SMILES string of the molecule is CCN(CC)CC.Cl.Cl.Cl.Cl.Cl. The molecule has 0 heterocycles. The summed E-state index contributed by atoms with van der Waals surface area (Å²) in [7, 11) is 0. The molecule has 0 fully saturated rings. The molecular formula is C6H20Cl5N. The minimum absolute atomic E-state index is 0. The van der Waals surface area contributed by atoms with Crippen LogP contribution in [-0.2, 0) is 0 Å². The van der Waals surface area contributed by atoms with E-state index in [2.05, 4.69) is 25.7 Å². The molecule has 0 aliphatic carbocycles. The van der Waals surface area contributed by atoms with Crippen LogP contribution in [0.5, 0.6) is 0 Å². The van der Waals surface area contributed by atoms with Crippen molar-refractivity contribution < 1.29 is 0 Å². The van der Waals surface area contributed by atoms with Gasteiger partial charge in [0.2, 0.25) is 0 Å². The van der Waals surface area contributed by atoms with Gasteiger partial charge in [0.05, 0.1) is 0 Å². The predicted octanol–water partition coefficient (Wildman–Crippen LogP) is 3.46. The van der Waals surface area contributed by atoms with E-state index in [-0.39, 0.29) is 62.0 Å². The second kappa shape index (κ2) is 29.4. The maximum atomic E-state index is 2.38. The van der Waals surface area contributed by atoms with E-state index >= 15 is 0 Å². The van der Waals surface area contributed by atoms with Gasteiger partial charge in [0.15, 0.2) is 0 Å². The van der Waals surface area contributed by atoms with E-state index in [1.165, 1.54) is 19.6 Å². The van der Waals surface area contributed by atoms with Crippen molar-refractivity contribution in [2.45, 2.75) is 20.8 Å². The Morgan fingerprint density at radius 2 is 0.750 bits per heavy atom. The number of halogens is 5. The highest BCUT2D eigenvalue weighted by Gasteiger charge is 1.89. The highest BCUT2D eigenvalue weighted by Crippen LogP contribution is 1.81. The summed E-state index contributed by atoms with van der Waals surface area (Å²) < 4.78 is 0. The molecule has 6 heteroatoms. The second-order valence-electron chi connectivity index (χ2n) is 1.62. The largest absolute Gasteiger partial charge is 0.304 e. The molecule has 0 bridgehead atoms. The van der Waals surface area contributed by atoms with Gasteiger partial charge in [-0.25, -0.2) is 0 Å². The van der Waals surface area contributed by atoms with Gasteiger partial charge >= 0.3 is 0 Å². The molecule has 0 rings (SSSR count). The third-order valence-electron chi connectivity index (χ3n) is 1.34. The lowest BCUT2D eigenvalue weighted by Gasteiger charge is -2.13. The Balaban J connectivity index is -0.0000000180. The lowest BCUT2D eigenvalue weighted by Crippen LogP contribution is -2.21. The molecular weight excluding hydrogens is 263 g/mol. The van der Waals surface area contributed by atoms with E-state index in [1.54, 1.807) is 0 Å². The van der Waals surface area contributed by atoms with Gasteiger partial charge in [0, 0.05) is 0 Å². The van der Waals surface area contributed by atoms with Gasteiger partial charge in [0.25, 0.3) is 0 Å². The smallest absolute Gasteiger partial charge is 0.00474 e. The van der Waals surface area contributed by atoms with Crippen LogP contribution in [0, 0.1) is 0 Å². The first kappa shape index (κ1) is 37.6. The van der Waals surface area contributed by atoms with Gasteiger partial charge in [-0.1, -0.05) is 20.8 Å². The topological polar surface area (TPSA) is 3.24 Å². The summed E-state index contributed by atoms with van der Waals surface area (Å²) in [6.07, 6.45) is 0. The van der Waals surface area contributed by atoms with Crippen LogP contribution in [0.4, 0.5) is 0 Å². The van der Waals surface area contributed by atoms with Crippen molar-refractivity contribution in [1.29, 1.82) is 0 Å². The molecule has 0 aromatic heterocycles. The minimum atomic E-state index is 0. The van der Waals surface area contributed by atoms with Crippen LogP contribution in [-0.4, -0.2) is 24.5 Å². The van der Waals surface area contributed by atoms with Crippen LogP contribution in [0.15, 0.2) is 0 Å². The van der Waals surface area contributed by atoms with Crippen LogP contribution in [0.1, 0.15) is 20.8 Å². The number of rotatable bonds is 3. The molecule has 0 N–H and O–H groups in total. The quantitative estimate of drug-likeness (QED) is 0.767. The van der Waals surface area contributed by atoms with Crippen LogP contribution in [0.2, 0.25) is 0 Å². The van der Waals surface area contributed by atoms with Crippen molar-refractivity contribution in [2.24, 2.45) is 0 Å². The third-order valence-corrected chi connectivity index (χ3v) is 1.34. The summed E-state index contributed by atoms with van der Waals surface area (Å²) in [6.45, 7) is 10.1. The van der Waals surface area contributed by atoms with Gasteiger partial charge < -0.3 is 4.90 Å². The van der Waals surface area contributed by atoms with Gasteiger partial charge in [-0.05, 0) is 19.6 Å². The van der Waals surface area contributed by atoms with E-state index in [9.17, 15) is 0 Å². The van der Waals surface area contributed by atoms with Crippen molar-refractivity contribution in [3.8, 4) is 0 Å². The summed E-state index contributed by atoms with van der Waals surface area (Å²) >= 11 is 0. The average molecular weight is 283 g/mol. The standard InChI is InChI=1S/C6H15N.5ClH/c1-4-7(5-2)6-3;;;;;/h4-6H2,1-3H3;5*1H. The second-order valence-corrected chi connectivity index (χ2v) is 1.62. The first-order valence-corrected chi connectivity index (χ1v) is 3.07. The molecule has 0 aliphatic rings. The molecule has 1 nitrogen and oxygen atoms in total. The summed E-state index contributed by atoms with van der Waals surface area (Å²) in [5.41, 5.74) is 0. The molecule has 0 amide bonds. The Kier molecular flexibility index (Phi) is 92.2. The average Bonchev–Trinajstić information content (AvgIpc) is 1.72. The Morgan fingerprint density at radius 3 is 0.750 bits per heavy atom. The Labute approximate surface area is 107 Å². The van der Waals surface area contributed by atoms with Gasteiger partial charge in [-0.3, -0.25) is 0 Å². The molecule has 0 aromatic carbocycles. The summed E-state index contributed by atoms with van der Waals surface area (Å²) in [5.74, 6) is 0. The Bertz CT molecular complexity index is 37.4. The predicted molar refractivity (Wildman–Crippen MR) is 69.7 cm³/mol. The zero-order valence-electron chi connectivity index (χ0n) is 7.61. The van der Waals surface area contributed by atoms with Crippen molar-refractivity contribution in [2.75, 3.05) is 19.6 Å². The Morgan fingerprint density at radius 1 is 0.583 bits per heavy atom. The van der Waals surface area contributed by atoms with Gasteiger partial charge in [-0.2, -0.15) is 0 Å². The molecule has 0 saturated carbocycles. The summed E-state index contributed by atoms with van der Waals surface area (Å²) in [5, 5.41) is 0. The van der Waals surface area contributed by atoms with E-state index in [1.807, 2.05) is 0 Å². The number of hydrogen-bond donors (Lipinski definition) is 0. The fraction of sp³-hybridized carbons (Fsp3) is 1.00. The lowest BCUT2D eigenvalue weighted by atomic mass is 10.5. The minimum Gasteiger partial charge on any atom is -0.304 e. The molecule has 0 aromatic rings. The lowest BCUT2D eigenvalue weighted by molar-refractivity contribution is 0.321. The van der Waals surface area contributed by atoms with Crippen LogP contribution >= 0.6 is 62.0 Å². The first-order valence-electron chi connectivity index (χ1n) is 3.07. The summed E-state index contributed by atoms with van der Waals surface area (Å²) in [6, 6.07) is 0. The fourth-order valence-electron chi connectivity index (χ4n) is 0.671. The van der Waals surface area contributed by atoms with E-state index in [0.717, 1.165) is 0 Å². The van der Waals surface area contributed by atoms with E-state index < -0.39 is 0 Å². The van der Waals surface area contributed by atoms with Crippen LogP contribution < -0.4 is 0 Å². The highest BCUT2D eigenvalue weighted by atomic mass is 35.5. The molecule has 0 radical (unpaired) electrons. The van der Waals surface area contributed by atoms with E-state index in [0.29, 0.717) is 0 Å². The maximum absolute atomic E-state index is 2.38. The molecule has 84 valence electrons. The molecule has 0 saturated heterocycles. The van der Waals surface area contributed by atoms with E-state index in [4.69, 9.17) is 0 Å². The zero-order chi connectivity index (χ0) is 5.70. The van der Waals surface area contributed by atoms with Gasteiger partial charge in [0.1, 0.15) is 0 Å². The van der Waals surface area contributed by atoms with Crippen molar-refractivity contribution >= 4 is 62.0 Å². The van der Waals surface area contributed by atoms with Crippen LogP contribution in [0.3, 0.4) is 0 Å². The van der Waals surface area contributed by atoms with Crippen molar-refractivity contribution in [1.82, 2.24) is 4.90 Å². The zero-order valence-corrected chi connectivity index (χ0v) is 11.7. The highest BCUT2D eigenvalue weighted by molar-refractivity contribution is 5.86. The monoisotopic (exact) mass is 281 g/mol. The molecule has 0 unspecified atom stereocenters. The normalized spacial score (nSPS) is 6.00. The number of nitrogens with zero attached hydrogens (tertiary/aromatic N) is 1. The Hall–Kier alpha value is 1.41. The van der Waals surface area contributed by atoms with Gasteiger partial charge in [-0.15, -0.1) is 62.0 Å². The molecule has 0 spiro atoms.